The lowest BCUT2D eigenvalue weighted by Gasteiger charge is -2.46. The third-order valence-electron chi connectivity index (χ3n) is 9.20. The Labute approximate surface area is 241 Å². The topological polar surface area (TPSA) is 57.6 Å². The van der Waals surface area contributed by atoms with Crippen LogP contribution in [-0.2, 0) is 13.0 Å². The molecule has 0 atom stereocenters. The van der Waals surface area contributed by atoms with Crippen LogP contribution in [0.15, 0.2) is 36.7 Å². The second kappa shape index (κ2) is 11.6. The fourth-order valence-corrected chi connectivity index (χ4v) is 6.52. The number of benzene rings is 1. The summed E-state index contributed by atoms with van der Waals surface area (Å²) < 4.78 is 35.5. The van der Waals surface area contributed by atoms with Crippen LogP contribution in [0.1, 0.15) is 56.6 Å². The van der Waals surface area contributed by atoms with E-state index < -0.39 is 11.6 Å². The van der Waals surface area contributed by atoms with Crippen molar-refractivity contribution in [3.63, 3.8) is 0 Å². The Bertz CT molecular complexity index is 1360. The molecule has 3 aromatic rings. The van der Waals surface area contributed by atoms with Gasteiger partial charge in [0.1, 0.15) is 18.1 Å². The maximum absolute atomic E-state index is 15.0. The molecule has 41 heavy (non-hydrogen) atoms. The van der Waals surface area contributed by atoms with E-state index in [9.17, 15) is 4.39 Å². The maximum atomic E-state index is 15.0. The van der Waals surface area contributed by atoms with Gasteiger partial charge in [-0.2, -0.15) is 0 Å². The fourth-order valence-electron chi connectivity index (χ4n) is 6.52. The minimum atomic E-state index is -0.590. The zero-order valence-electron chi connectivity index (χ0n) is 24.4. The number of likely N-dealkylation sites (tertiary alicyclic amines) is 2. The van der Waals surface area contributed by atoms with Gasteiger partial charge in [-0.3, -0.25) is 9.88 Å². The van der Waals surface area contributed by atoms with Crippen LogP contribution in [0.25, 0.3) is 11.3 Å². The molecule has 1 aromatic carbocycles. The summed E-state index contributed by atoms with van der Waals surface area (Å²) in [5.41, 5.74) is 3.61. The van der Waals surface area contributed by atoms with Gasteiger partial charge in [0.15, 0.2) is 17.4 Å². The third kappa shape index (κ3) is 6.06. The number of ether oxygens (including phenoxy) is 1. The van der Waals surface area contributed by atoms with E-state index in [0.29, 0.717) is 42.1 Å². The first-order chi connectivity index (χ1) is 19.8. The molecule has 0 bridgehead atoms. The van der Waals surface area contributed by atoms with Crippen molar-refractivity contribution in [1.82, 2.24) is 24.8 Å². The van der Waals surface area contributed by atoms with Crippen LogP contribution in [0.4, 0.5) is 14.5 Å². The van der Waals surface area contributed by atoms with Crippen molar-refractivity contribution < 1.29 is 13.5 Å². The number of pyridine rings is 1. The van der Waals surface area contributed by atoms with Crippen LogP contribution in [0.5, 0.6) is 5.75 Å². The molecule has 0 N–H and O–H groups in total. The van der Waals surface area contributed by atoms with Crippen LogP contribution in [-0.4, -0.2) is 77.2 Å². The Hall–Kier alpha value is -3.17. The van der Waals surface area contributed by atoms with Gasteiger partial charge in [0.25, 0.3) is 0 Å². The summed E-state index contributed by atoms with van der Waals surface area (Å²) in [4.78, 5) is 20.4. The van der Waals surface area contributed by atoms with Crippen molar-refractivity contribution in [2.75, 3.05) is 51.3 Å². The van der Waals surface area contributed by atoms with Gasteiger partial charge in [-0.15, -0.1) is 0 Å². The first kappa shape index (κ1) is 28.0. The zero-order chi connectivity index (χ0) is 28.6. The van der Waals surface area contributed by atoms with Crippen molar-refractivity contribution in [2.24, 2.45) is 5.41 Å². The Morgan fingerprint density at radius 1 is 0.927 bits per heavy atom. The Balaban J connectivity index is 1.12. The molecule has 3 aliphatic rings. The van der Waals surface area contributed by atoms with E-state index in [1.807, 2.05) is 26.1 Å². The Morgan fingerprint density at radius 3 is 2.39 bits per heavy atom. The van der Waals surface area contributed by atoms with E-state index in [-0.39, 0.29) is 17.5 Å². The van der Waals surface area contributed by atoms with Crippen molar-refractivity contribution in [2.45, 2.75) is 58.5 Å². The smallest absolute Gasteiger partial charge is 0.178 e. The molecule has 0 radical (unpaired) electrons. The summed E-state index contributed by atoms with van der Waals surface area (Å²) in [6.07, 6.45) is 8.68. The minimum absolute atomic E-state index is 0.0788. The molecule has 9 heteroatoms. The minimum Gasteiger partial charge on any atom is -0.486 e. The summed E-state index contributed by atoms with van der Waals surface area (Å²) in [6.45, 7) is 10.8. The van der Waals surface area contributed by atoms with Gasteiger partial charge in [0.2, 0.25) is 0 Å². The molecule has 2 fully saturated rings. The standard InChI is InChI=1S/C32H40F2N6O/c1-22(2)40-14-15-41-31-26(33)16-24(17-28(31)40)30-27(34)20-36-29(37-30)18-25-5-4-23(19-35-25)21-39-12-8-32(9-13-39)6-10-38(3)11-7-32/h4-5,16-17,19-20,22H,6-15,18,21H2,1-3H3. The normalized spacial score (nSPS) is 19.4. The molecule has 218 valence electrons. The monoisotopic (exact) mass is 562 g/mol. The van der Waals surface area contributed by atoms with Crippen molar-refractivity contribution >= 4 is 5.69 Å². The number of anilines is 1. The molecule has 2 aromatic heterocycles. The Morgan fingerprint density at radius 2 is 1.68 bits per heavy atom. The number of fused-ring (bicyclic) bond motifs is 1. The summed E-state index contributed by atoms with van der Waals surface area (Å²) in [7, 11) is 2.23. The van der Waals surface area contributed by atoms with Crippen LogP contribution < -0.4 is 9.64 Å². The second-order valence-electron chi connectivity index (χ2n) is 12.3. The van der Waals surface area contributed by atoms with Crippen LogP contribution in [0.2, 0.25) is 0 Å². The quantitative estimate of drug-likeness (QED) is 0.403. The van der Waals surface area contributed by atoms with Crippen LogP contribution in [0.3, 0.4) is 0 Å². The molecule has 6 rings (SSSR count). The van der Waals surface area contributed by atoms with E-state index in [4.69, 9.17) is 4.74 Å². The molecular weight excluding hydrogens is 522 g/mol. The largest absolute Gasteiger partial charge is 0.486 e. The van der Waals surface area contributed by atoms with E-state index in [0.717, 1.165) is 31.5 Å². The van der Waals surface area contributed by atoms with Crippen molar-refractivity contribution in [1.29, 1.82) is 0 Å². The highest BCUT2D eigenvalue weighted by molar-refractivity contribution is 5.72. The average molecular weight is 563 g/mol. The number of aromatic nitrogens is 3. The van der Waals surface area contributed by atoms with E-state index in [1.54, 1.807) is 6.07 Å². The number of nitrogens with zero attached hydrogens (tertiary/aromatic N) is 6. The summed E-state index contributed by atoms with van der Waals surface area (Å²) >= 11 is 0. The molecule has 3 aliphatic heterocycles. The highest BCUT2D eigenvalue weighted by Crippen LogP contribution is 2.41. The van der Waals surface area contributed by atoms with E-state index in [1.165, 1.54) is 50.4 Å². The van der Waals surface area contributed by atoms with Crippen LogP contribution >= 0.6 is 0 Å². The van der Waals surface area contributed by atoms with Gasteiger partial charge in [-0.05, 0) is 102 Å². The maximum Gasteiger partial charge on any atom is 0.178 e. The number of halogens is 2. The Kier molecular flexibility index (Phi) is 7.92. The summed E-state index contributed by atoms with van der Waals surface area (Å²) in [6, 6.07) is 7.32. The molecule has 0 amide bonds. The van der Waals surface area contributed by atoms with Gasteiger partial charge in [0, 0.05) is 30.0 Å². The molecule has 7 nitrogen and oxygen atoms in total. The van der Waals surface area contributed by atoms with Gasteiger partial charge in [-0.25, -0.2) is 18.7 Å². The molecule has 2 saturated heterocycles. The average Bonchev–Trinajstić information content (AvgIpc) is 2.97. The summed E-state index contributed by atoms with van der Waals surface area (Å²) in [5.74, 6) is -0.461. The van der Waals surface area contributed by atoms with Crippen molar-refractivity contribution in [3.05, 3.63) is 65.4 Å². The van der Waals surface area contributed by atoms with Gasteiger partial charge < -0.3 is 14.5 Å². The lowest BCUT2D eigenvalue weighted by atomic mass is 9.71. The first-order valence-corrected chi connectivity index (χ1v) is 14.9. The highest BCUT2D eigenvalue weighted by Gasteiger charge is 2.36. The predicted octanol–water partition coefficient (Wildman–Crippen LogP) is 5.32. The van der Waals surface area contributed by atoms with E-state index in [2.05, 4.69) is 42.8 Å². The van der Waals surface area contributed by atoms with Crippen molar-refractivity contribution in [3.8, 4) is 17.0 Å². The van der Waals surface area contributed by atoms with Gasteiger partial charge >= 0.3 is 0 Å². The highest BCUT2D eigenvalue weighted by atomic mass is 19.1. The number of rotatable bonds is 6. The van der Waals surface area contributed by atoms with Gasteiger partial charge in [0.05, 0.1) is 24.8 Å². The zero-order valence-corrected chi connectivity index (χ0v) is 24.4. The molecule has 5 heterocycles. The first-order valence-electron chi connectivity index (χ1n) is 14.9. The lowest BCUT2D eigenvalue weighted by molar-refractivity contribution is 0.0400. The molecule has 0 saturated carbocycles. The number of hydrogen-bond acceptors (Lipinski definition) is 7. The van der Waals surface area contributed by atoms with E-state index >= 15 is 4.39 Å². The number of hydrogen-bond donors (Lipinski definition) is 0. The summed E-state index contributed by atoms with van der Waals surface area (Å²) in [5, 5.41) is 0. The predicted molar refractivity (Wildman–Crippen MR) is 156 cm³/mol. The molecule has 1 spiro atoms. The van der Waals surface area contributed by atoms with Gasteiger partial charge in [-0.1, -0.05) is 6.07 Å². The SMILES string of the molecule is CC(C)N1CCOc2c(F)cc(-c3nc(Cc4ccc(CN5CCC6(CCN(C)CC6)CC5)cn4)ncc3F)cc21. The molecule has 0 unspecified atom stereocenters. The third-order valence-corrected chi connectivity index (χ3v) is 9.20. The second-order valence-corrected chi connectivity index (χ2v) is 12.3. The molecular formula is C32H40F2N6O. The fraction of sp³-hybridized carbons (Fsp3) is 0.531. The van der Waals surface area contributed by atoms with Crippen LogP contribution in [0, 0.1) is 17.0 Å². The molecule has 0 aliphatic carbocycles. The number of piperidine rings is 2. The lowest BCUT2D eigenvalue weighted by Crippen LogP contribution is -2.45.